The summed E-state index contributed by atoms with van der Waals surface area (Å²) in [7, 11) is 0. The van der Waals surface area contributed by atoms with E-state index in [1.165, 1.54) is 4.90 Å². The van der Waals surface area contributed by atoms with Gasteiger partial charge >= 0.3 is 6.18 Å². The van der Waals surface area contributed by atoms with E-state index in [1.807, 2.05) is 19.1 Å². The third-order valence-electron chi connectivity index (χ3n) is 3.42. The second-order valence-electron chi connectivity index (χ2n) is 5.05. The van der Waals surface area contributed by atoms with Crippen LogP contribution in [0, 0.1) is 0 Å². The molecule has 1 atom stereocenters. The summed E-state index contributed by atoms with van der Waals surface area (Å²) in [4.78, 5) is 1.46. The highest BCUT2D eigenvalue weighted by Gasteiger charge is 2.39. The summed E-state index contributed by atoms with van der Waals surface area (Å²) >= 11 is 0. The summed E-state index contributed by atoms with van der Waals surface area (Å²) in [6.45, 7) is 1.04. The summed E-state index contributed by atoms with van der Waals surface area (Å²) in [5.41, 5.74) is 7.45. The van der Waals surface area contributed by atoms with Gasteiger partial charge in [-0.15, -0.1) is 0 Å². The molecule has 1 aliphatic carbocycles. The first-order valence-electron chi connectivity index (χ1n) is 6.60. The van der Waals surface area contributed by atoms with Gasteiger partial charge in [0, 0.05) is 17.8 Å². The van der Waals surface area contributed by atoms with Gasteiger partial charge in [-0.05, 0) is 30.9 Å². The summed E-state index contributed by atoms with van der Waals surface area (Å²) in [6.07, 6.45) is -1.83. The normalized spacial score (nSPS) is 17.3. The maximum absolute atomic E-state index is 12.7. The molecule has 0 heterocycles. The molecule has 0 aromatic heterocycles. The van der Waals surface area contributed by atoms with E-state index in [2.05, 4.69) is 0 Å². The number of hydrogen-bond acceptors (Lipinski definition) is 2. The zero-order chi connectivity index (χ0) is 14.0. The molecular weight excluding hydrogens is 253 g/mol. The second-order valence-corrected chi connectivity index (χ2v) is 5.05. The van der Waals surface area contributed by atoms with Crippen LogP contribution in [0.1, 0.15) is 37.8 Å². The van der Waals surface area contributed by atoms with Gasteiger partial charge < -0.3 is 10.6 Å². The lowest BCUT2D eigenvalue weighted by atomic mass is 10.0. The van der Waals surface area contributed by atoms with Gasteiger partial charge in [0.05, 0.1) is 0 Å². The van der Waals surface area contributed by atoms with Crippen LogP contribution in [0.15, 0.2) is 24.3 Å². The van der Waals surface area contributed by atoms with Crippen LogP contribution in [0.4, 0.5) is 18.9 Å². The molecular formula is C14H19F3N2. The molecule has 0 radical (unpaired) electrons. The molecule has 106 valence electrons. The van der Waals surface area contributed by atoms with E-state index in [4.69, 9.17) is 5.73 Å². The number of anilines is 1. The minimum absolute atomic E-state index is 0.00633. The summed E-state index contributed by atoms with van der Waals surface area (Å²) in [6, 6.07) is 6.96. The summed E-state index contributed by atoms with van der Waals surface area (Å²) in [5.74, 6) is 0. The zero-order valence-electron chi connectivity index (χ0n) is 11.0. The van der Waals surface area contributed by atoms with Gasteiger partial charge in [0.15, 0.2) is 0 Å². The van der Waals surface area contributed by atoms with Gasteiger partial charge in [-0.25, -0.2) is 0 Å². The smallest absolute Gasteiger partial charge is 0.359 e. The van der Waals surface area contributed by atoms with E-state index in [1.54, 1.807) is 12.1 Å². The molecule has 1 aromatic rings. The van der Waals surface area contributed by atoms with Crippen LogP contribution < -0.4 is 10.6 Å². The van der Waals surface area contributed by atoms with Gasteiger partial charge in [-0.1, -0.05) is 25.1 Å². The number of alkyl halides is 3. The minimum atomic E-state index is -4.19. The molecule has 2 nitrogen and oxygen atoms in total. The molecule has 0 saturated heterocycles. The SMILES string of the molecule is CC[C@@H](N)c1ccccc1N(CC(F)(F)F)C1CC1. The van der Waals surface area contributed by atoms with Crippen LogP contribution in [0.2, 0.25) is 0 Å². The Kier molecular flexibility index (Phi) is 4.04. The molecule has 1 aromatic carbocycles. The third kappa shape index (κ3) is 3.62. The Bertz CT molecular complexity index is 427. The largest absolute Gasteiger partial charge is 0.405 e. The van der Waals surface area contributed by atoms with Crippen molar-refractivity contribution in [2.75, 3.05) is 11.4 Å². The maximum Gasteiger partial charge on any atom is 0.405 e. The fourth-order valence-electron chi connectivity index (χ4n) is 2.27. The predicted molar refractivity (Wildman–Crippen MR) is 70.1 cm³/mol. The fourth-order valence-corrected chi connectivity index (χ4v) is 2.27. The molecule has 0 amide bonds. The molecule has 1 saturated carbocycles. The lowest BCUT2D eigenvalue weighted by Gasteiger charge is -2.29. The van der Waals surface area contributed by atoms with Crippen molar-refractivity contribution in [1.82, 2.24) is 0 Å². The third-order valence-corrected chi connectivity index (χ3v) is 3.42. The van der Waals surface area contributed by atoms with Crippen molar-refractivity contribution in [1.29, 1.82) is 0 Å². The van der Waals surface area contributed by atoms with E-state index >= 15 is 0 Å². The Balaban J connectivity index is 2.31. The second kappa shape index (κ2) is 5.41. The van der Waals surface area contributed by atoms with Crippen molar-refractivity contribution < 1.29 is 13.2 Å². The minimum Gasteiger partial charge on any atom is -0.359 e. The van der Waals surface area contributed by atoms with Crippen molar-refractivity contribution in [3.05, 3.63) is 29.8 Å². The number of para-hydroxylation sites is 1. The Morgan fingerprint density at radius 3 is 2.47 bits per heavy atom. The Morgan fingerprint density at radius 1 is 1.32 bits per heavy atom. The van der Waals surface area contributed by atoms with E-state index in [9.17, 15) is 13.2 Å². The van der Waals surface area contributed by atoms with Crippen LogP contribution in [-0.2, 0) is 0 Å². The number of nitrogens with zero attached hydrogens (tertiary/aromatic N) is 1. The first kappa shape index (κ1) is 14.2. The van der Waals surface area contributed by atoms with E-state index in [0.717, 1.165) is 18.4 Å². The molecule has 0 aliphatic heterocycles. The lowest BCUT2D eigenvalue weighted by Crippen LogP contribution is -2.37. The number of hydrogen-bond donors (Lipinski definition) is 1. The van der Waals surface area contributed by atoms with Gasteiger partial charge in [-0.2, -0.15) is 13.2 Å². The van der Waals surface area contributed by atoms with Crippen molar-refractivity contribution in [2.24, 2.45) is 5.73 Å². The highest BCUT2D eigenvalue weighted by molar-refractivity contribution is 5.56. The molecule has 5 heteroatoms. The zero-order valence-corrected chi connectivity index (χ0v) is 11.0. The standard InChI is InChI=1S/C14H19F3N2/c1-2-12(18)11-5-3-4-6-13(11)19(10-7-8-10)9-14(15,16)17/h3-6,10,12H,2,7-9,18H2,1H3/t12-/m1/s1. The number of rotatable bonds is 5. The van der Waals surface area contributed by atoms with Gasteiger partial charge in [0.2, 0.25) is 0 Å². The lowest BCUT2D eigenvalue weighted by molar-refractivity contribution is -0.120. The van der Waals surface area contributed by atoms with Crippen molar-refractivity contribution in [3.8, 4) is 0 Å². The number of nitrogens with two attached hydrogens (primary N) is 1. The molecule has 19 heavy (non-hydrogen) atoms. The Labute approximate surface area is 111 Å². The average Bonchev–Trinajstić information content (AvgIpc) is 3.18. The molecule has 1 aliphatic rings. The van der Waals surface area contributed by atoms with Crippen molar-refractivity contribution in [3.63, 3.8) is 0 Å². The molecule has 1 fully saturated rings. The van der Waals surface area contributed by atoms with Crippen LogP contribution in [-0.4, -0.2) is 18.8 Å². The van der Waals surface area contributed by atoms with E-state index in [0.29, 0.717) is 12.1 Å². The highest BCUT2D eigenvalue weighted by Crippen LogP contribution is 2.37. The van der Waals surface area contributed by atoms with Crippen molar-refractivity contribution >= 4 is 5.69 Å². The first-order valence-corrected chi connectivity index (χ1v) is 6.60. The topological polar surface area (TPSA) is 29.3 Å². The highest BCUT2D eigenvalue weighted by atomic mass is 19.4. The van der Waals surface area contributed by atoms with E-state index in [-0.39, 0.29) is 12.1 Å². The Morgan fingerprint density at radius 2 is 1.95 bits per heavy atom. The van der Waals surface area contributed by atoms with Gasteiger partial charge in [0.25, 0.3) is 0 Å². The van der Waals surface area contributed by atoms with Gasteiger partial charge in [0.1, 0.15) is 6.54 Å². The molecule has 2 rings (SSSR count). The molecule has 0 unspecified atom stereocenters. The van der Waals surface area contributed by atoms with Crippen molar-refractivity contribution in [2.45, 2.75) is 44.4 Å². The molecule has 2 N–H and O–H groups in total. The van der Waals surface area contributed by atoms with Crippen LogP contribution in [0.3, 0.4) is 0 Å². The Hall–Kier alpha value is -1.23. The summed E-state index contributed by atoms with van der Waals surface area (Å²) in [5, 5.41) is 0. The van der Waals surface area contributed by atoms with Gasteiger partial charge in [-0.3, -0.25) is 0 Å². The molecule has 0 spiro atoms. The summed E-state index contributed by atoms with van der Waals surface area (Å²) < 4.78 is 38.2. The molecule has 0 bridgehead atoms. The first-order chi connectivity index (χ1) is 8.92. The fraction of sp³-hybridized carbons (Fsp3) is 0.571. The monoisotopic (exact) mass is 272 g/mol. The van der Waals surface area contributed by atoms with Crippen LogP contribution >= 0.6 is 0 Å². The number of benzene rings is 1. The number of halogens is 3. The van der Waals surface area contributed by atoms with Crippen LogP contribution in [0.25, 0.3) is 0 Å². The maximum atomic E-state index is 12.7. The van der Waals surface area contributed by atoms with E-state index < -0.39 is 12.7 Å². The quantitative estimate of drug-likeness (QED) is 0.887. The van der Waals surface area contributed by atoms with Crippen LogP contribution in [0.5, 0.6) is 0 Å². The predicted octanol–water partition coefficient (Wildman–Crippen LogP) is 3.63. The average molecular weight is 272 g/mol.